The Morgan fingerprint density at radius 2 is 1.21 bits per heavy atom. The third-order valence-electron chi connectivity index (χ3n) is 2.89. The van der Waals surface area contributed by atoms with Gasteiger partial charge in [0.15, 0.2) is 0 Å². The molecule has 0 amide bonds. The van der Waals surface area contributed by atoms with E-state index >= 15 is 0 Å². The van der Waals surface area contributed by atoms with Crippen molar-refractivity contribution in [3.8, 4) is 0 Å². The molecule has 0 atom stereocenters. The van der Waals surface area contributed by atoms with E-state index < -0.39 is 65.3 Å². The summed E-state index contributed by atoms with van der Waals surface area (Å²) in [6.45, 7) is 3.09. The van der Waals surface area contributed by atoms with Gasteiger partial charge in [-0.1, -0.05) is 0 Å². The van der Waals surface area contributed by atoms with Crippen LogP contribution < -0.4 is 0 Å². The van der Waals surface area contributed by atoms with Gasteiger partial charge in [-0.05, 0) is 33.3 Å². The van der Waals surface area contributed by atoms with E-state index in [0.29, 0.717) is 0 Å². The average molecular weight is 490 g/mol. The summed E-state index contributed by atoms with van der Waals surface area (Å²) in [6.07, 6.45) is -7.24. The predicted octanol–water partition coefficient (Wildman–Crippen LogP) is 5.28. The molecule has 0 bridgehead atoms. The van der Waals surface area contributed by atoms with Crippen LogP contribution in [0.5, 0.6) is 0 Å². The maximum atomic E-state index is 13.8. The van der Waals surface area contributed by atoms with Crippen LogP contribution in [0.25, 0.3) is 0 Å². The lowest BCUT2D eigenvalue weighted by Crippen LogP contribution is -2.63. The topological polar surface area (TPSA) is 78.9 Å². The van der Waals surface area contributed by atoms with Crippen LogP contribution in [0.1, 0.15) is 27.7 Å². The summed E-state index contributed by atoms with van der Waals surface area (Å²) in [6, 6.07) is 0. The first-order chi connectivity index (χ1) is 12.7. The Hall–Kier alpha value is -0.990. The van der Waals surface area contributed by atoms with E-state index in [0.717, 1.165) is 13.8 Å². The molecule has 0 saturated heterocycles. The molecular weight excluding hydrogens is 474 g/mol. The summed E-state index contributed by atoms with van der Waals surface area (Å²) in [5.74, 6) is -15.0. The highest BCUT2D eigenvalue weighted by atomic mass is 32.2. The molecule has 6 nitrogen and oxygen atoms in total. The van der Waals surface area contributed by atoms with Gasteiger partial charge in [0.25, 0.3) is 0 Å². The van der Waals surface area contributed by atoms with Gasteiger partial charge in [0.1, 0.15) is 0 Å². The Kier molecular flexibility index (Phi) is 8.34. The van der Waals surface area contributed by atoms with Gasteiger partial charge in [-0.25, -0.2) is 0 Å². The Bertz CT molecular complexity index is 761. The van der Waals surface area contributed by atoms with Gasteiger partial charge in [0, 0.05) is 0 Å². The number of hydrogen-bond donors (Lipinski definition) is 0. The second kappa shape index (κ2) is 8.63. The molecule has 0 rings (SSSR count). The Morgan fingerprint density at radius 3 is 1.48 bits per heavy atom. The molecule has 0 aromatic heterocycles. The molecule has 174 valence electrons. The quantitative estimate of drug-likeness (QED) is 0.180. The first-order valence-electron chi connectivity index (χ1n) is 7.37. The van der Waals surface area contributed by atoms with Crippen LogP contribution in [-0.2, 0) is 27.9 Å². The van der Waals surface area contributed by atoms with Gasteiger partial charge in [-0.2, -0.15) is 47.9 Å². The van der Waals surface area contributed by atoms with Gasteiger partial charge in [-0.15, -0.1) is 0 Å². The molecule has 0 spiro atoms. The van der Waals surface area contributed by atoms with Crippen molar-refractivity contribution in [3.63, 3.8) is 0 Å². The van der Waals surface area contributed by atoms with Gasteiger partial charge in [0.2, 0.25) is 5.50 Å². The molecule has 0 aromatic carbocycles. The molecular formula is C12H16F9O6PS. The van der Waals surface area contributed by atoms with Crippen LogP contribution in [0.15, 0.2) is 11.1 Å². The highest BCUT2D eigenvalue weighted by Crippen LogP contribution is 2.60. The zero-order chi connectivity index (χ0) is 23.7. The van der Waals surface area contributed by atoms with Crippen LogP contribution >= 0.6 is 7.60 Å². The minimum Gasteiger partial charge on any atom is -0.369 e. The van der Waals surface area contributed by atoms with E-state index in [2.05, 4.69) is 13.2 Å². The van der Waals surface area contributed by atoms with Crippen molar-refractivity contribution >= 4 is 17.7 Å². The molecule has 0 aliphatic rings. The van der Waals surface area contributed by atoms with Crippen molar-refractivity contribution in [2.24, 2.45) is 0 Å². The van der Waals surface area contributed by atoms with E-state index in [1.54, 1.807) is 0 Å². The largest absolute Gasteiger partial charge is 0.460 e. The Balaban J connectivity index is 6.49. The van der Waals surface area contributed by atoms with Crippen LogP contribution in [0, 0.1) is 0 Å². The maximum Gasteiger partial charge on any atom is 0.460 e. The summed E-state index contributed by atoms with van der Waals surface area (Å²) < 4.78 is 165. The zero-order valence-corrected chi connectivity index (χ0v) is 16.8. The third-order valence-corrected chi connectivity index (χ3v) is 6.52. The van der Waals surface area contributed by atoms with Crippen LogP contribution in [-0.4, -0.2) is 44.9 Å². The van der Waals surface area contributed by atoms with Crippen LogP contribution in [0.2, 0.25) is 0 Å². The van der Waals surface area contributed by atoms with E-state index in [4.69, 9.17) is 0 Å². The van der Waals surface area contributed by atoms with E-state index in [1.807, 2.05) is 0 Å². The summed E-state index contributed by atoms with van der Waals surface area (Å²) in [5, 5.41) is -7.11. The molecule has 0 fully saturated rings. The fourth-order valence-electron chi connectivity index (χ4n) is 1.57. The summed E-state index contributed by atoms with van der Waals surface area (Å²) in [4.78, 5) is 0. The van der Waals surface area contributed by atoms with Gasteiger partial charge < -0.3 is 13.2 Å². The summed E-state index contributed by atoms with van der Waals surface area (Å²) >= 11 is 0. The molecule has 17 heteroatoms. The van der Waals surface area contributed by atoms with E-state index in [-0.39, 0.29) is 0 Å². The molecule has 0 N–H and O–H groups in total. The standard InChI is InChI=1S/C12H16F9O6PS/c1-5-25-28(22,26-6-2)8(7(3)4)27-29(23,24)12(20,21)10(15,16)9(13,14)11(17,18)19/h5-6H2,1-4H3. The van der Waals surface area contributed by atoms with Crippen molar-refractivity contribution in [1.29, 1.82) is 0 Å². The van der Waals surface area contributed by atoms with Crippen LogP contribution in [0.3, 0.4) is 0 Å². The van der Waals surface area contributed by atoms with Crippen molar-refractivity contribution < 1.29 is 65.7 Å². The minimum absolute atomic E-state index is 0.504. The van der Waals surface area contributed by atoms with Crippen molar-refractivity contribution in [2.75, 3.05) is 13.2 Å². The predicted molar refractivity (Wildman–Crippen MR) is 80.1 cm³/mol. The third kappa shape index (κ3) is 5.02. The van der Waals surface area contributed by atoms with Crippen molar-refractivity contribution in [1.82, 2.24) is 0 Å². The number of rotatable bonds is 10. The maximum absolute atomic E-state index is 13.8. The number of halogens is 9. The first-order valence-corrected chi connectivity index (χ1v) is 10.3. The summed E-state index contributed by atoms with van der Waals surface area (Å²) in [5.41, 5.74) is -2.15. The second-order valence-corrected chi connectivity index (χ2v) is 8.84. The van der Waals surface area contributed by atoms with Gasteiger partial charge >= 0.3 is 41.0 Å². The lowest BCUT2D eigenvalue weighted by molar-refractivity contribution is -0.382. The molecule has 0 aromatic rings. The zero-order valence-electron chi connectivity index (χ0n) is 15.1. The highest BCUT2D eigenvalue weighted by Gasteiger charge is 2.86. The van der Waals surface area contributed by atoms with Crippen molar-refractivity contribution in [3.05, 3.63) is 11.1 Å². The van der Waals surface area contributed by atoms with Gasteiger partial charge in [-0.3, -0.25) is 4.57 Å². The number of hydrogen-bond acceptors (Lipinski definition) is 6. The number of allylic oxidation sites excluding steroid dienone is 1. The minimum atomic E-state index is -7.49. The fourth-order valence-corrected chi connectivity index (χ4v) is 4.69. The smallest absolute Gasteiger partial charge is 0.369 e. The lowest BCUT2D eigenvalue weighted by atomic mass is 10.1. The fraction of sp³-hybridized carbons (Fsp3) is 0.833. The molecule has 0 radical (unpaired) electrons. The molecule has 0 saturated carbocycles. The lowest BCUT2D eigenvalue weighted by Gasteiger charge is -2.33. The first kappa shape index (κ1) is 28.0. The Morgan fingerprint density at radius 1 is 0.828 bits per heavy atom. The van der Waals surface area contributed by atoms with Crippen molar-refractivity contribution in [2.45, 2.75) is 51.0 Å². The normalized spacial score (nSPS) is 14.7. The monoisotopic (exact) mass is 490 g/mol. The van der Waals surface area contributed by atoms with Crippen LogP contribution in [0.4, 0.5) is 39.5 Å². The molecule has 29 heavy (non-hydrogen) atoms. The van der Waals surface area contributed by atoms with E-state index in [9.17, 15) is 52.5 Å². The van der Waals surface area contributed by atoms with Gasteiger partial charge in [0.05, 0.1) is 13.2 Å². The number of alkyl halides is 9. The highest BCUT2D eigenvalue weighted by molar-refractivity contribution is 7.88. The molecule has 0 aliphatic carbocycles. The molecule has 0 aliphatic heterocycles. The molecule has 0 heterocycles. The molecule has 0 unspecified atom stereocenters. The summed E-state index contributed by atoms with van der Waals surface area (Å²) in [7, 11) is -12.2. The average Bonchev–Trinajstić information content (AvgIpc) is 2.51. The SMILES string of the molecule is CCOP(=O)(OCC)C(OS(=O)(=O)C(F)(F)C(F)(F)C(F)(F)C(F)(F)F)=C(C)C. The van der Waals surface area contributed by atoms with E-state index in [1.165, 1.54) is 13.8 Å². The Labute approximate surface area is 159 Å². The second-order valence-electron chi connectivity index (χ2n) is 5.34.